The molecule has 6 heteroatoms. The first-order valence-corrected chi connectivity index (χ1v) is 4.11. The van der Waals surface area contributed by atoms with Crippen LogP contribution in [0, 0.1) is 0 Å². The second kappa shape index (κ2) is 4.43. The van der Waals surface area contributed by atoms with E-state index in [1.165, 1.54) is 0 Å². The van der Waals surface area contributed by atoms with E-state index in [2.05, 4.69) is 4.98 Å². The molecule has 0 bridgehead atoms. The van der Waals surface area contributed by atoms with Crippen LogP contribution in [-0.4, -0.2) is 10.2 Å². The molecule has 0 atom stereocenters. The maximum Gasteiger partial charge on any atom is 0.264 e. The quantitative estimate of drug-likeness (QED) is 0.791. The van der Waals surface area contributed by atoms with E-state index in [4.69, 9.17) is 17.3 Å². The molecule has 0 aliphatic heterocycles. The Kier molecular flexibility index (Phi) is 3.49. The lowest BCUT2D eigenvalue weighted by Gasteiger charge is -2.05. The minimum Gasteiger partial charge on any atom is -0.325 e. The third kappa shape index (κ3) is 2.24. The van der Waals surface area contributed by atoms with Crippen molar-refractivity contribution in [2.24, 2.45) is 5.73 Å². The van der Waals surface area contributed by atoms with Gasteiger partial charge in [-0.05, 0) is 17.7 Å². The van der Waals surface area contributed by atoms with Gasteiger partial charge in [0.2, 0.25) is 0 Å². The van der Waals surface area contributed by atoms with Gasteiger partial charge in [-0.3, -0.25) is 9.78 Å². The number of rotatable bonds is 3. The highest BCUT2D eigenvalue weighted by Crippen LogP contribution is 2.24. The van der Waals surface area contributed by atoms with Crippen LogP contribution in [-0.2, 0) is 6.54 Å². The average molecular weight is 221 g/mol. The molecule has 1 aromatic rings. The van der Waals surface area contributed by atoms with Gasteiger partial charge >= 0.3 is 0 Å². The first-order chi connectivity index (χ1) is 6.56. The summed E-state index contributed by atoms with van der Waals surface area (Å²) in [7, 11) is 0. The molecular weight excluding hydrogens is 214 g/mol. The molecule has 0 amide bonds. The van der Waals surface area contributed by atoms with Crippen molar-refractivity contribution in [1.29, 1.82) is 0 Å². The number of nitrogens with zero attached hydrogens (tertiary/aromatic N) is 1. The fraction of sp³-hybridized carbons (Fsp3) is 0.250. The molecule has 0 saturated carbocycles. The zero-order chi connectivity index (χ0) is 10.7. The molecule has 0 radical (unpaired) electrons. The molecule has 14 heavy (non-hydrogen) atoms. The number of carbonyl (C=O) groups excluding carboxylic acids is 1. The van der Waals surface area contributed by atoms with Gasteiger partial charge in [0, 0.05) is 18.3 Å². The molecule has 0 saturated heterocycles. The van der Waals surface area contributed by atoms with Gasteiger partial charge in [0.1, 0.15) is 0 Å². The molecule has 1 heterocycles. The number of nitrogens with two attached hydrogens (primary N) is 1. The second-order valence-corrected chi connectivity index (χ2v) is 2.88. The van der Waals surface area contributed by atoms with E-state index in [1.54, 1.807) is 0 Å². The third-order valence-corrected chi connectivity index (χ3v) is 1.85. The monoisotopic (exact) mass is 220 g/mol. The number of alkyl halides is 2. The Balaban J connectivity index is 3.24. The molecule has 0 aliphatic rings. The van der Waals surface area contributed by atoms with E-state index in [-0.39, 0.29) is 12.1 Å². The molecule has 0 unspecified atom stereocenters. The zero-order valence-electron chi connectivity index (χ0n) is 7.01. The maximum atomic E-state index is 12.4. The van der Waals surface area contributed by atoms with E-state index in [9.17, 15) is 13.6 Å². The summed E-state index contributed by atoms with van der Waals surface area (Å²) >= 11 is 5.10. The Morgan fingerprint density at radius 1 is 1.64 bits per heavy atom. The summed E-state index contributed by atoms with van der Waals surface area (Å²) in [4.78, 5) is 14.4. The van der Waals surface area contributed by atoms with Gasteiger partial charge in [-0.15, -0.1) is 0 Å². The van der Waals surface area contributed by atoms with Crippen LogP contribution < -0.4 is 5.73 Å². The van der Waals surface area contributed by atoms with Gasteiger partial charge < -0.3 is 5.73 Å². The normalized spacial score (nSPS) is 10.6. The van der Waals surface area contributed by atoms with Crippen molar-refractivity contribution in [2.45, 2.75) is 13.0 Å². The molecule has 1 aromatic heterocycles. The highest BCUT2D eigenvalue weighted by atomic mass is 35.5. The number of pyridine rings is 1. The highest BCUT2D eigenvalue weighted by molar-refractivity contribution is 6.67. The summed E-state index contributed by atoms with van der Waals surface area (Å²) in [5.41, 5.74) is 4.80. The summed E-state index contributed by atoms with van der Waals surface area (Å²) in [5.74, 6) is 0. The van der Waals surface area contributed by atoms with Gasteiger partial charge in [0.05, 0.1) is 11.3 Å². The minimum atomic E-state index is -2.76. The van der Waals surface area contributed by atoms with Crippen LogP contribution in [0.3, 0.4) is 0 Å². The third-order valence-electron chi connectivity index (χ3n) is 1.65. The first-order valence-electron chi connectivity index (χ1n) is 3.73. The minimum absolute atomic E-state index is 0.0382. The number of aromatic nitrogens is 1. The van der Waals surface area contributed by atoms with Crippen molar-refractivity contribution >= 4 is 16.8 Å². The molecule has 0 aromatic carbocycles. The van der Waals surface area contributed by atoms with Crippen molar-refractivity contribution in [1.82, 2.24) is 4.98 Å². The summed E-state index contributed by atoms with van der Waals surface area (Å²) in [5, 5.41) is -0.948. The summed E-state index contributed by atoms with van der Waals surface area (Å²) in [6, 6.07) is 1.08. The lowest BCUT2D eigenvalue weighted by Crippen LogP contribution is -2.05. The van der Waals surface area contributed by atoms with E-state index >= 15 is 0 Å². The summed E-state index contributed by atoms with van der Waals surface area (Å²) < 4.78 is 24.8. The van der Waals surface area contributed by atoms with Gasteiger partial charge in [0.25, 0.3) is 11.7 Å². The molecule has 0 fully saturated rings. The Labute approximate surface area is 83.9 Å². The molecule has 0 spiro atoms. The van der Waals surface area contributed by atoms with Crippen LogP contribution in [0.15, 0.2) is 12.3 Å². The molecule has 0 aliphatic carbocycles. The Hall–Kier alpha value is -1.07. The van der Waals surface area contributed by atoms with Gasteiger partial charge in [-0.25, -0.2) is 8.78 Å². The van der Waals surface area contributed by atoms with E-state index in [1.807, 2.05) is 0 Å². The Bertz CT molecular complexity index is 357. The predicted molar refractivity (Wildman–Crippen MR) is 47.3 cm³/mol. The zero-order valence-corrected chi connectivity index (χ0v) is 7.76. The predicted octanol–water partition coefficient (Wildman–Crippen LogP) is 1.86. The van der Waals surface area contributed by atoms with Crippen molar-refractivity contribution < 1.29 is 13.6 Å². The van der Waals surface area contributed by atoms with Crippen molar-refractivity contribution in [2.75, 3.05) is 0 Å². The first kappa shape index (κ1) is 11.0. The van der Waals surface area contributed by atoms with E-state index in [0.717, 1.165) is 12.3 Å². The topological polar surface area (TPSA) is 56.0 Å². The van der Waals surface area contributed by atoms with Crippen LogP contribution in [0.4, 0.5) is 8.78 Å². The maximum absolute atomic E-state index is 12.4. The van der Waals surface area contributed by atoms with Crippen LogP contribution in [0.25, 0.3) is 0 Å². The number of hydrogen-bond acceptors (Lipinski definition) is 3. The fourth-order valence-electron chi connectivity index (χ4n) is 0.973. The van der Waals surface area contributed by atoms with E-state index in [0.29, 0.717) is 5.69 Å². The summed E-state index contributed by atoms with van der Waals surface area (Å²) in [6.07, 6.45) is -1.75. The molecule has 1 rings (SSSR count). The van der Waals surface area contributed by atoms with Crippen LogP contribution in [0.2, 0.25) is 0 Å². The van der Waals surface area contributed by atoms with Crippen LogP contribution in [0.1, 0.15) is 28.0 Å². The SMILES string of the molecule is NCc1cc(C(F)F)c(C(=O)Cl)cn1. The smallest absolute Gasteiger partial charge is 0.264 e. The summed E-state index contributed by atoms with van der Waals surface area (Å²) in [6.45, 7) is 0.0382. The fourth-order valence-corrected chi connectivity index (χ4v) is 1.13. The lowest BCUT2D eigenvalue weighted by molar-refractivity contribution is 0.106. The van der Waals surface area contributed by atoms with Crippen LogP contribution >= 0.6 is 11.6 Å². The van der Waals surface area contributed by atoms with Crippen molar-refractivity contribution in [3.63, 3.8) is 0 Å². The lowest BCUT2D eigenvalue weighted by atomic mass is 10.1. The van der Waals surface area contributed by atoms with Gasteiger partial charge in [-0.1, -0.05) is 0 Å². The molecular formula is C8H7ClF2N2O. The molecule has 2 N–H and O–H groups in total. The van der Waals surface area contributed by atoms with Gasteiger partial charge in [-0.2, -0.15) is 0 Å². The van der Waals surface area contributed by atoms with Crippen LogP contribution in [0.5, 0.6) is 0 Å². The Morgan fingerprint density at radius 2 is 2.29 bits per heavy atom. The highest BCUT2D eigenvalue weighted by Gasteiger charge is 2.17. The van der Waals surface area contributed by atoms with E-state index < -0.39 is 17.2 Å². The van der Waals surface area contributed by atoms with Crippen molar-refractivity contribution in [3.05, 3.63) is 29.1 Å². The van der Waals surface area contributed by atoms with Gasteiger partial charge in [0.15, 0.2) is 0 Å². The standard InChI is InChI=1S/C8H7ClF2N2O/c9-7(14)6-3-13-4(2-12)1-5(6)8(10)11/h1,3,8H,2,12H2. The second-order valence-electron chi connectivity index (χ2n) is 2.54. The molecule has 3 nitrogen and oxygen atoms in total. The number of hydrogen-bond donors (Lipinski definition) is 1. The largest absolute Gasteiger partial charge is 0.325 e. The number of carbonyl (C=O) groups is 1. The average Bonchev–Trinajstić information content (AvgIpc) is 2.16. The number of halogens is 3. The molecule has 76 valence electrons. The van der Waals surface area contributed by atoms with Crippen molar-refractivity contribution in [3.8, 4) is 0 Å². The Morgan fingerprint density at radius 3 is 2.71 bits per heavy atom.